The molecule has 1 radical (unpaired) electrons. The number of hydrogen-bond acceptors (Lipinski definition) is 7. The molecule has 0 bridgehead atoms. The van der Waals surface area contributed by atoms with Crippen molar-refractivity contribution >= 4 is 23.0 Å². The summed E-state index contributed by atoms with van der Waals surface area (Å²) in [6, 6.07) is 0.541. The number of hydrogen-bond donors (Lipinski definition) is 2. The van der Waals surface area contributed by atoms with Gasteiger partial charge in [0.25, 0.3) is 11.6 Å². The maximum atomic E-state index is 11.1. The van der Waals surface area contributed by atoms with Crippen LogP contribution in [0.1, 0.15) is 0 Å². The van der Waals surface area contributed by atoms with Gasteiger partial charge < -0.3 is 16.7 Å². The minimum Gasteiger partial charge on any atom is -0.740 e. The van der Waals surface area contributed by atoms with Crippen LogP contribution in [0.25, 0.3) is 0 Å². The van der Waals surface area contributed by atoms with Gasteiger partial charge in [-0.15, -0.1) is 0 Å². The maximum Gasteiger partial charge on any atom is 0.348 e. The second-order valence-electron chi connectivity index (χ2n) is 2.49. The number of nitro groups is 2. The van der Waals surface area contributed by atoms with Crippen molar-refractivity contribution in [2.45, 2.75) is 0 Å². The van der Waals surface area contributed by atoms with E-state index in [0.717, 1.165) is 0 Å². The van der Waals surface area contributed by atoms with Gasteiger partial charge in [-0.2, -0.15) is 0 Å². The van der Waals surface area contributed by atoms with E-state index in [0.29, 0.717) is 6.07 Å². The summed E-state index contributed by atoms with van der Waals surface area (Å²) >= 11 is 0. The second kappa shape index (κ2) is 4.59. The smallest absolute Gasteiger partial charge is 0.348 e. The molecule has 0 aromatic carbocycles. The van der Waals surface area contributed by atoms with Crippen LogP contribution in [0.15, 0.2) is 6.07 Å². The van der Waals surface area contributed by atoms with E-state index >= 15 is 0 Å². The van der Waals surface area contributed by atoms with E-state index in [-0.39, 0.29) is 21.8 Å². The van der Waals surface area contributed by atoms with Crippen LogP contribution in [0.4, 0.5) is 23.0 Å². The summed E-state index contributed by atoms with van der Waals surface area (Å²) in [6.07, 6.45) is 0. The Morgan fingerprint density at radius 2 is 1.38 bits per heavy atom. The van der Waals surface area contributed by atoms with Crippen LogP contribution in [-0.4, -0.2) is 9.85 Å². The molecule has 1 aromatic heterocycles. The van der Waals surface area contributed by atoms with Crippen LogP contribution in [-0.2, 0) is 17.1 Å². The predicted octanol–water partition coefficient (Wildman–Crippen LogP) is -0.702. The molecule has 0 spiro atoms. The largest absolute Gasteiger partial charge is 0.740 e. The van der Waals surface area contributed by atoms with Gasteiger partial charge in [0.1, 0.15) is 6.07 Å². The number of anilines is 2. The Balaban J connectivity index is 0.00000225. The van der Waals surface area contributed by atoms with Gasteiger partial charge in [0.15, 0.2) is 0 Å². The number of aromatic nitrogens is 1. The summed E-state index contributed by atoms with van der Waals surface area (Å²) in [4.78, 5) is 18.7. The average molecular weight is 279 g/mol. The molecule has 0 saturated heterocycles. The van der Waals surface area contributed by atoms with Crippen molar-refractivity contribution < 1.29 is 31.6 Å². The van der Waals surface area contributed by atoms with E-state index in [4.69, 9.17) is 11.5 Å². The first-order valence-electron chi connectivity index (χ1n) is 3.46. The van der Waals surface area contributed by atoms with Crippen LogP contribution in [0.3, 0.4) is 0 Å². The Bertz CT molecular complexity index is 425. The van der Waals surface area contributed by atoms with Gasteiger partial charge in [0, 0.05) is 17.1 Å². The molecule has 1 aromatic rings. The topological polar surface area (TPSA) is 165 Å². The molecular weight excluding hydrogens is 274 g/mol. The van der Waals surface area contributed by atoms with Gasteiger partial charge in [-0.1, -0.05) is 0 Å². The van der Waals surface area contributed by atoms with Crippen molar-refractivity contribution in [3.8, 4) is 0 Å². The Hall–Kier alpha value is -2.13. The van der Waals surface area contributed by atoms with Crippen LogP contribution in [0.2, 0.25) is 0 Å². The molecule has 11 heteroatoms. The van der Waals surface area contributed by atoms with Crippen molar-refractivity contribution in [2.75, 3.05) is 11.5 Å². The molecule has 4 N–H and O–H groups in total. The normalized spacial score (nSPS) is 9.25. The average Bonchev–Trinajstić information content (AvgIpc) is 2.13. The van der Waals surface area contributed by atoms with E-state index in [1.165, 1.54) is 0 Å². The van der Waals surface area contributed by atoms with Crippen LogP contribution in [0.5, 0.6) is 0 Å². The zero-order valence-electron chi connectivity index (χ0n) is 7.42. The van der Waals surface area contributed by atoms with E-state index in [2.05, 4.69) is 0 Å². The molecule has 0 saturated carbocycles. The Kier molecular flexibility index (Phi) is 3.98. The minimum absolute atomic E-state index is 0. The third-order valence-electron chi connectivity index (χ3n) is 1.63. The molecule has 0 atom stereocenters. The van der Waals surface area contributed by atoms with Gasteiger partial charge in [-0.05, 0) is 0 Å². The summed E-state index contributed by atoms with van der Waals surface area (Å²) < 4.78 is -0.254. The summed E-state index contributed by atoms with van der Waals surface area (Å²) in [7, 11) is 0. The van der Waals surface area contributed by atoms with Crippen LogP contribution < -0.4 is 16.2 Å². The Morgan fingerprint density at radius 1 is 1.06 bits per heavy atom. The number of nitrogens with zero attached hydrogens (tertiary/aromatic N) is 3. The first kappa shape index (κ1) is 13.9. The fourth-order valence-electron chi connectivity index (χ4n) is 0.908. The standard InChI is InChI=1S/C5H5N5O5.Cu/c6-4-2(9(12)13)1-3(10(14)15)5(7)8(4)11;/h1H,6-7H2;. The monoisotopic (exact) mass is 278 g/mol. The van der Waals surface area contributed by atoms with Crippen molar-refractivity contribution in [3.63, 3.8) is 0 Å². The summed E-state index contributed by atoms with van der Waals surface area (Å²) in [5, 5.41) is 31.8. The molecule has 16 heavy (non-hydrogen) atoms. The van der Waals surface area contributed by atoms with Crippen molar-refractivity contribution in [2.24, 2.45) is 0 Å². The van der Waals surface area contributed by atoms with Crippen molar-refractivity contribution in [1.29, 1.82) is 0 Å². The number of nitrogen functional groups attached to an aromatic ring is 2. The fourth-order valence-corrected chi connectivity index (χ4v) is 0.908. The van der Waals surface area contributed by atoms with Gasteiger partial charge in [-0.3, -0.25) is 20.2 Å². The molecule has 0 fully saturated rings. The van der Waals surface area contributed by atoms with Gasteiger partial charge in [0.05, 0.1) is 9.85 Å². The molecule has 0 aliphatic rings. The number of rotatable bonds is 2. The van der Waals surface area contributed by atoms with Crippen molar-refractivity contribution in [3.05, 3.63) is 31.5 Å². The SMILES string of the molecule is Nc1c([N+](=O)[O-])cc([N+](=O)[O-])c(N)[n+]1[O-].[Cu]. The molecule has 0 aliphatic carbocycles. The third kappa shape index (κ3) is 2.10. The molecule has 0 aliphatic heterocycles. The van der Waals surface area contributed by atoms with E-state index in [1.54, 1.807) is 0 Å². The molecular formula is C5H5CuN5O5. The zero-order valence-corrected chi connectivity index (χ0v) is 8.36. The Morgan fingerprint density at radius 3 is 1.62 bits per heavy atom. The second-order valence-corrected chi connectivity index (χ2v) is 2.49. The van der Waals surface area contributed by atoms with Gasteiger partial charge >= 0.3 is 11.4 Å². The van der Waals surface area contributed by atoms with E-state index in [1.807, 2.05) is 0 Å². The van der Waals surface area contributed by atoms with Crippen LogP contribution >= 0.6 is 0 Å². The summed E-state index contributed by atoms with van der Waals surface area (Å²) in [6.45, 7) is 0. The molecule has 91 valence electrons. The maximum absolute atomic E-state index is 11.1. The first-order valence-corrected chi connectivity index (χ1v) is 3.46. The number of pyridine rings is 1. The van der Waals surface area contributed by atoms with Gasteiger partial charge in [0.2, 0.25) is 0 Å². The van der Waals surface area contributed by atoms with Crippen LogP contribution in [0, 0.1) is 25.4 Å². The predicted molar refractivity (Wildman–Crippen MR) is 47.5 cm³/mol. The summed E-state index contributed by atoms with van der Waals surface area (Å²) in [5.41, 5.74) is 8.41. The van der Waals surface area contributed by atoms with E-state index in [9.17, 15) is 25.4 Å². The minimum atomic E-state index is -1.00. The van der Waals surface area contributed by atoms with E-state index < -0.39 is 32.9 Å². The third-order valence-corrected chi connectivity index (χ3v) is 1.63. The molecule has 10 nitrogen and oxygen atoms in total. The first-order chi connectivity index (χ1) is 6.86. The van der Waals surface area contributed by atoms with Crippen molar-refractivity contribution in [1.82, 2.24) is 0 Å². The summed E-state index contributed by atoms with van der Waals surface area (Å²) in [5.74, 6) is -1.58. The molecule has 1 heterocycles. The zero-order chi connectivity index (χ0) is 11.7. The quantitative estimate of drug-likeness (QED) is 0.237. The molecule has 1 rings (SSSR count). The molecule has 0 unspecified atom stereocenters. The fraction of sp³-hybridized carbons (Fsp3) is 0. The number of nitrogens with two attached hydrogens (primary N) is 2. The van der Waals surface area contributed by atoms with Gasteiger partial charge in [-0.25, -0.2) is 4.73 Å². The Labute approximate surface area is 98.2 Å². The molecule has 0 amide bonds.